The Morgan fingerprint density at radius 1 is 1.00 bits per heavy atom. The van der Waals surface area contributed by atoms with Crippen molar-refractivity contribution in [1.82, 2.24) is 0 Å². The second-order valence-electron chi connectivity index (χ2n) is 4.55. The second kappa shape index (κ2) is 9.57. The lowest BCUT2D eigenvalue weighted by molar-refractivity contribution is 0.363. The van der Waals surface area contributed by atoms with Gasteiger partial charge in [0.2, 0.25) is 0 Å². The van der Waals surface area contributed by atoms with Gasteiger partial charge in [0.25, 0.3) is 10.1 Å². The summed E-state index contributed by atoms with van der Waals surface area (Å²) in [5, 5.41) is 0. The zero-order chi connectivity index (χ0) is 14.7. The molecule has 3 nitrogen and oxygen atoms in total. The van der Waals surface area contributed by atoms with Crippen LogP contribution in [0.4, 0.5) is 0 Å². The molecule has 0 aromatic heterocycles. The van der Waals surface area contributed by atoms with Gasteiger partial charge < -0.3 is 0 Å². The molecule has 1 aromatic rings. The maximum Gasteiger partial charge on any atom is 0.297 e. The summed E-state index contributed by atoms with van der Waals surface area (Å²) < 4.78 is 28.4. The van der Waals surface area contributed by atoms with E-state index in [4.69, 9.17) is 4.18 Å². The first kappa shape index (κ1) is 16.7. The summed E-state index contributed by atoms with van der Waals surface area (Å²) in [5.74, 6) is 5.70. The van der Waals surface area contributed by atoms with Gasteiger partial charge in [-0.25, -0.2) is 0 Å². The number of hydrogen-bond donors (Lipinski definition) is 0. The predicted octanol–water partition coefficient (Wildman–Crippen LogP) is 3.76. The highest BCUT2D eigenvalue weighted by Gasteiger charge is 2.12. The lowest BCUT2D eigenvalue weighted by Crippen LogP contribution is -2.06. The van der Waals surface area contributed by atoms with Crippen molar-refractivity contribution in [3.05, 3.63) is 30.3 Å². The maximum atomic E-state index is 11.7. The Morgan fingerprint density at radius 2 is 1.70 bits per heavy atom. The summed E-state index contributed by atoms with van der Waals surface area (Å²) in [6.07, 6.45) is 6.81. The third-order valence-electron chi connectivity index (χ3n) is 2.85. The largest absolute Gasteiger partial charge is 0.297 e. The standard InChI is InChI=1S/C16H22O3S/c1-2-3-4-5-6-7-8-12-15-19-20(17,18)16-13-10-9-11-14-16/h9-11,13-14H,2-7,15H2,1H3. The van der Waals surface area contributed by atoms with Crippen LogP contribution in [0.25, 0.3) is 0 Å². The summed E-state index contributed by atoms with van der Waals surface area (Å²) >= 11 is 0. The molecule has 0 amide bonds. The van der Waals surface area contributed by atoms with E-state index in [-0.39, 0.29) is 11.5 Å². The Kier molecular flexibility index (Phi) is 8.01. The normalized spacial score (nSPS) is 10.8. The van der Waals surface area contributed by atoms with Gasteiger partial charge in [-0.15, -0.1) is 5.92 Å². The van der Waals surface area contributed by atoms with Gasteiger partial charge >= 0.3 is 0 Å². The van der Waals surface area contributed by atoms with Crippen LogP contribution in [0.5, 0.6) is 0 Å². The van der Waals surface area contributed by atoms with Crippen molar-refractivity contribution in [3.63, 3.8) is 0 Å². The number of hydrogen-bond acceptors (Lipinski definition) is 3. The minimum absolute atomic E-state index is 0.0772. The van der Waals surface area contributed by atoms with Gasteiger partial charge in [-0.3, -0.25) is 4.18 Å². The Bertz CT molecular complexity index is 524. The van der Waals surface area contributed by atoms with Crippen molar-refractivity contribution < 1.29 is 12.6 Å². The smallest absolute Gasteiger partial charge is 0.253 e. The number of benzene rings is 1. The minimum Gasteiger partial charge on any atom is -0.253 e. The molecule has 0 saturated heterocycles. The van der Waals surface area contributed by atoms with E-state index in [1.807, 2.05) is 0 Å². The Hall–Kier alpha value is -1.31. The summed E-state index contributed by atoms with van der Waals surface area (Å²) in [6, 6.07) is 8.11. The molecule has 0 fully saturated rings. The van der Waals surface area contributed by atoms with E-state index in [1.54, 1.807) is 18.2 Å². The molecule has 0 radical (unpaired) electrons. The van der Waals surface area contributed by atoms with Gasteiger partial charge in [-0.1, -0.05) is 56.7 Å². The van der Waals surface area contributed by atoms with Crippen LogP contribution in [0.2, 0.25) is 0 Å². The van der Waals surface area contributed by atoms with Crippen LogP contribution in [0, 0.1) is 11.8 Å². The SMILES string of the molecule is CCCCCCCC#CCOS(=O)(=O)c1ccccc1. The molecular formula is C16H22O3S. The van der Waals surface area contributed by atoms with Crippen LogP contribution in [0.1, 0.15) is 45.4 Å². The second-order valence-corrected chi connectivity index (χ2v) is 6.16. The Balaban J connectivity index is 2.24. The molecule has 1 rings (SSSR count). The summed E-state index contributed by atoms with van der Waals surface area (Å²) in [4.78, 5) is 0.168. The molecule has 0 aliphatic carbocycles. The first-order valence-corrected chi connectivity index (χ1v) is 8.48. The molecule has 0 unspecified atom stereocenters. The van der Waals surface area contributed by atoms with E-state index in [1.165, 1.54) is 37.8 Å². The van der Waals surface area contributed by atoms with Crippen molar-refractivity contribution in [1.29, 1.82) is 0 Å². The van der Waals surface area contributed by atoms with Crippen molar-refractivity contribution in [2.45, 2.75) is 50.3 Å². The lowest BCUT2D eigenvalue weighted by atomic mass is 10.1. The van der Waals surface area contributed by atoms with Gasteiger partial charge in [-0.2, -0.15) is 8.42 Å². The molecule has 0 spiro atoms. The van der Waals surface area contributed by atoms with Crippen LogP contribution >= 0.6 is 0 Å². The highest BCUT2D eigenvalue weighted by Crippen LogP contribution is 2.10. The summed E-state index contributed by atoms with van der Waals surface area (Å²) in [6.45, 7) is 2.11. The summed E-state index contributed by atoms with van der Waals surface area (Å²) in [5.41, 5.74) is 0. The van der Waals surface area contributed by atoms with E-state index < -0.39 is 10.1 Å². The molecule has 110 valence electrons. The van der Waals surface area contributed by atoms with Crippen LogP contribution in [0.3, 0.4) is 0 Å². The third-order valence-corrected chi connectivity index (χ3v) is 4.13. The van der Waals surface area contributed by atoms with Crippen LogP contribution in [-0.4, -0.2) is 15.0 Å². The average Bonchev–Trinajstić information content (AvgIpc) is 2.46. The van der Waals surface area contributed by atoms with Gasteiger partial charge in [0, 0.05) is 6.42 Å². The van der Waals surface area contributed by atoms with Crippen molar-refractivity contribution >= 4 is 10.1 Å². The zero-order valence-corrected chi connectivity index (χ0v) is 12.8. The molecule has 0 aliphatic heterocycles. The van der Waals surface area contributed by atoms with E-state index in [2.05, 4.69) is 18.8 Å². The monoisotopic (exact) mass is 294 g/mol. The van der Waals surface area contributed by atoms with Crippen LogP contribution in [0.15, 0.2) is 35.2 Å². The van der Waals surface area contributed by atoms with Gasteiger partial charge in [0.1, 0.15) is 6.61 Å². The fraction of sp³-hybridized carbons (Fsp3) is 0.500. The van der Waals surface area contributed by atoms with Gasteiger partial charge in [0.15, 0.2) is 0 Å². The van der Waals surface area contributed by atoms with Crippen LogP contribution < -0.4 is 0 Å². The molecule has 0 aliphatic rings. The average molecular weight is 294 g/mol. The van der Waals surface area contributed by atoms with E-state index in [9.17, 15) is 8.42 Å². The number of unbranched alkanes of at least 4 members (excludes halogenated alkanes) is 5. The Morgan fingerprint density at radius 3 is 2.40 bits per heavy atom. The molecule has 1 aromatic carbocycles. The van der Waals surface area contributed by atoms with Gasteiger partial charge in [0.05, 0.1) is 4.90 Å². The molecule has 0 saturated carbocycles. The fourth-order valence-electron chi connectivity index (χ4n) is 1.72. The van der Waals surface area contributed by atoms with Crippen LogP contribution in [-0.2, 0) is 14.3 Å². The van der Waals surface area contributed by atoms with E-state index in [0.29, 0.717) is 0 Å². The Labute approximate surface area is 122 Å². The number of rotatable bonds is 8. The topological polar surface area (TPSA) is 43.4 Å². The maximum absolute atomic E-state index is 11.7. The van der Waals surface area contributed by atoms with Crippen molar-refractivity contribution in [2.24, 2.45) is 0 Å². The highest BCUT2D eigenvalue weighted by atomic mass is 32.2. The first-order chi connectivity index (χ1) is 9.67. The predicted molar refractivity (Wildman–Crippen MR) is 80.7 cm³/mol. The molecule has 0 bridgehead atoms. The van der Waals surface area contributed by atoms with Gasteiger partial charge in [-0.05, 0) is 18.6 Å². The first-order valence-electron chi connectivity index (χ1n) is 7.07. The fourth-order valence-corrected chi connectivity index (χ4v) is 2.56. The highest BCUT2D eigenvalue weighted by molar-refractivity contribution is 7.86. The van der Waals surface area contributed by atoms with Crippen molar-refractivity contribution in [3.8, 4) is 11.8 Å². The third kappa shape index (κ3) is 6.74. The quantitative estimate of drug-likeness (QED) is 0.416. The molecule has 20 heavy (non-hydrogen) atoms. The minimum atomic E-state index is -3.67. The van der Waals surface area contributed by atoms with E-state index in [0.717, 1.165) is 12.8 Å². The molecule has 0 atom stereocenters. The molecule has 0 N–H and O–H groups in total. The zero-order valence-electron chi connectivity index (χ0n) is 12.0. The molecule has 4 heteroatoms. The molecule has 0 heterocycles. The van der Waals surface area contributed by atoms with Crippen molar-refractivity contribution in [2.75, 3.05) is 6.61 Å². The summed E-state index contributed by atoms with van der Waals surface area (Å²) in [7, 11) is -3.67. The lowest BCUT2D eigenvalue weighted by Gasteiger charge is -2.01. The molecular weight excluding hydrogens is 272 g/mol. The van der Waals surface area contributed by atoms with E-state index >= 15 is 0 Å².